The van der Waals surface area contributed by atoms with Crippen LogP contribution in [-0.2, 0) is 0 Å². The van der Waals surface area contributed by atoms with E-state index in [2.05, 4.69) is 11.4 Å². The molecule has 0 aliphatic carbocycles. The minimum Gasteiger partial charge on any atom is -0.472 e. The maximum Gasteiger partial charge on any atom is 0.257 e. The van der Waals surface area contributed by atoms with E-state index in [1.165, 1.54) is 11.1 Å². The molecule has 2 aromatic heterocycles. The predicted molar refractivity (Wildman–Crippen MR) is 66.0 cm³/mol. The van der Waals surface area contributed by atoms with Crippen LogP contribution in [0, 0.1) is 0 Å². The fourth-order valence-electron chi connectivity index (χ4n) is 2.34. The van der Waals surface area contributed by atoms with E-state index >= 15 is 0 Å². The summed E-state index contributed by atoms with van der Waals surface area (Å²) in [5.74, 6) is 0.0784. The largest absolute Gasteiger partial charge is 0.472 e. The molecule has 1 fully saturated rings. The van der Waals surface area contributed by atoms with Gasteiger partial charge in [-0.2, -0.15) is 0 Å². The number of carbonyl (C=O) groups excluding carboxylic acids is 1. The molecule has 0 bridgehead atoms. The van der Waals surface area contributed by atoms with Crippen molar-refractivity contribution in [1.82, 2.24) is 4.90 Å². The van der Waals surface area contributed by atoms with Gasteiger partial charge in [-0.3, -0.25) is 4.79 Å². The lowest BCUT2D eigenvalue weighted by Gasteiger charge is -2.23. The molecule has 1 amide bonds. The minimum atomic E-state index is 0.0784. The number of hydrogen-bond acceptors (Lipinski definition) is 3. The van der Waals surface area contributed by atoms with Gasteiger partial charge in [-0.15, -0.1) is 11.3 Å². The first kappa shape index (κ1) is 10.6. The van der Waals surface area contributed by atoms with Gasteiger partial charge in [0.2, 0.25) is 0 Å². The molecule has 0 N–H and O–H groups in total. The molecule has 4 heteroatoms. The van der Waals surface area contributed by atoms with Crippen molar-refractivity contribution in [2.75, 3.05) is 6.54 Å². The number of amides is 1. The molecule has 3 nitrogen and oxygen atoms in total. The maximum atomic E-state index is 12.3. The Bertz CT molecular complexity index is 489. The number of furan rings is 1. The SMILES string of the molecule is O=C(c1ccoc1)N1CCCC1c1cccs1. The van der Waals surface area contributed by atoms with Crippen molar-refractivity contribution < 1.29 is 9.21 Å². The van der Waals surface area contributed by atoms with E-state index in [4.69, 9.17) is 4.42 Å². The predicted octanol–water partition coefficient (Wildman–Crippen LogP) is 3.32. The van der Waals surface area contributed by atoms with Crippen LogP contribution in [0.25, 0.3) is 0 Å². The van der Waals surface area contributed by atoms with Gasteiger partial charge in [-0.25, -0.2) is 0 Å². The summed E-state index contributed by atoms with van der Waals surface area (Å²) in [7, 11) is 0. The summed E-state index contributed by atoms with van der Waals surface area (Å²) in [6, 6.07) is 6.12. The number of hydrogen-bond donors (Lipinski definition) is 0. The van der Waals surface area contributed by atoms with Crippen molar-refractivity contribution in [1.29, 1.82) is 0 Å². The second-order valence-corrected chi connectivity index (χ2v) is 5.16. The molecule has 0 spiro atoms. The highest BCUT2D eigenvalue weighted by Gasteiger charge is 2.31. The van der Waals surface area contributed by atoms with Gasteiger partial charge in [0.15, 0.2) is 0 Å². The maximum absolute atomic E-state index is 12.3. The number of likely N-dealkylation sites (tertiary alicyclic amines) is 1. The number of carbonyl (C=O) groups is 1. The molecule has 1 atom stereocenters. The zero-order chi connectivity index (χ0) is 11.7. The van der Waals surface area contributed by atoms with Gasteiger partial charge in [0.05, 0.1) is 17.9 Å². The number of thiophene rings is 1. The fourth-order valence-corrected chi connectivity index (χ4v) is 3.21. The molecule has 1 aliphatic heterocycles. The summed E-state index contributed by atoms with van der Waals surface area (Å²) in [5.41, 5.74) is 0.647. The summed E-state index contributed by atoms with van der Waals surface area (Å²) in [6.07, 6.45) is 5.20. The average Bonchev–Trinajstić information content (AvgIpc) is 3.09. The highest BCUT2D eigenvalue weighted by Crippen LogP contribution is 2.35. The Balaban J connectivity index is 1.85. The first-order valence-electron chi connectivity index (χ1n) is 5.73. The highest BCUT2D eigenvalue weighted by atomic mass is 32.1. The van der Waals surface area contributed by atoms with Crippen LogP contribution in [0.15, 0.2) is 40.5 Å². The Morgan fingerprint density at radius 2 is 2.41 bits per heavy atom. The van der Waals surface area contributed by atoms with Crippen LogP contribution in [-0.4, -0.2) is 17.4 Å². The van der Waals surface area contributed by atoms with Gasteiger partial charge in [0.1, 0.15) is 6.26 Å². The molecule has 2 aromatic rings. The van der Waals surface area contributed by atoms with E-state index in [-0.39, 0.29) is 11.9 Å². The third kappa shape index (κ3) is 1.89. The molecule has 88 valence electrons. The topological polar surface area (TPSA) is 33.5 Å². The van der Waals surface area contributed by atoms with Crippen LogP contribution in [0.1, 0.15) is 34.1 Å². The van der Waals surface area contributed by atoms with Crippen LogP contribution in [0.5, 0.6) is 0 Å². The van der Waals surface area contributed by atoms with Crippen molar-refractivity contribution in [2.24, 2.45) is 0 Å². The lowest BCUT2D eigenvalue weighted by atomic mass is 10.1. The first-order valence-corrected chi connectivity index (χ1v) is 6.61. The first-order chi connectivity index (χ1) is 8.36. The minimum absolute atomic E-state index is 0.0784. The molecule has 1 aliphatic rings. The molecule has 1 unspecified atom stereocenters. The van der Waals surface area contributed by atoms with Crippen LogP contribution >= 0.6 is 11.3 Å². The van der Waals surface area contributed by atoms with Gasteiger partial charge >= 0.3 is 0 Å². The molecular weight excluding hydrogens is 234 g/mol. The lowest BCUT2D eigenvalue weighted by molar-refractivity contribution is 0.0737. The van der Waals surface area contributed by atoms with E-state index < -0.39 is 0 Å². The normalized spacial score (nSPS) is 19.8. The molecule has 3 rings (SSSR count). The van der Waals surface area contributed by atoms with Crippen molar-refractivity contribution >= 4 is 17.2 Å². The molecule has 0 saturated carbocycles. The Kier molecular flexibility index (Phi) is 2.73. The van der Waals surface area contributed by atoms with Crippen LogP contribution in [0.2, 0.25) is 0 Å². The standard InChI is InChI=1S/C13H13NO2S/c15-13(10-5-7-16-9-10)14-6-1-3-11(14)12-4-2-8-17-12/h2,4-5,7-9,11H,1,3,6H2. The molecule has 3 heterocycles. The zero-order valence-electron chi connectivity index (χ0n) is 9.33. The van der Waals surface area contributed by atoms with E-state index in [1.807, 2.05) is 11.0 Å². The van der Waals surface area contributed by atoms with Gasteiger partial charge in [-0.05, 0) is 30.4 Å². The molecular formula is C13H13NO2S. The van der Waals surface area contributed by atoms with Gasteiger partial charge in [-0.1, -0.05) is 6.07 Å². The summed E-state index contributed by atoms with van der Waals surface area (Å²) < 4.78 is 4.98. The Morgan fingerprint density at radius 1 is 1.47 bits per heavy atom. The van der Waals surface area contributed by atoms with Crippen LogP contribution in [0.3, 0.4) is 0 Å². The molecule has 17 heavy (non-hydrogen) atoms. The van der Waals surface area contributed by atoms with Crippen molar-refractivity contribution in [3.63, 3.8) is 0 Å². The summed E-state index contributed by atoms with van der Waals surface area (Å²) in [4.78, 5) is 15.5. The van der Waals surface area contributed by atoms with Gasteiger partial charge in [0, 0.05) is 11.4 Å². The Morgan fingerprint density at radius 3 is 3.12 bits per heavy atom. The zero-order valence-corrected chi connectivity index (χ0v) is 10.2. The molecule has 0 radical (unpaired) electrons. The van der Waals surface area contributed by atoms with E-state index in [0.29, 0.717) is 5.56 Å². The Labute approximate surface area is 104 Å². The van der Waals surface area contributed by atoms with E-state index in [9.17, 15) is 4.79 Å². The van der Waals surface area contributed by atoms with Crippen LogP contribution < -0.4 is 0 Å². The Hall–Kier alpha value is -1.55. The third-order valence-electron chi connectivity index (χ3n) is 3.15. The van der Waals surface area contributed by atoms with Gasteiger partial charge in [0.25, 0.3) is 5.91 Å². The molecule has 1 saturated heterocycles. The quantitative estimate of drug-likeness (QED) is 0.815. The van der Waals surface area contributed by atoms with Crippen molar-refractivity contribution in [3.05, 3.63) is 46.5 Å². The monoisotopic (exact) mass is 247 g/mol. The second kappa shape index (κ2) is 4.37. The summed E-state index contributed by atoms with van der Waals surface area (Å²) >= 11 is 1.72. The van der Waals surface area contributed by atoms with Crippen molar-refractivity contribution in [3.8, 4) is 0 Å². The number of rotatable bonds is 2. The second-order valence-electron chi connectivity index (χ2n) is 4.18. The van der Waals surface area contributed by atoms with Crippen LogP contribution in [0.4, 0.5) is 0 Å². The average molecular weight is 247 g/mol. The highest BCUT2D eigenvalue weighted by molar-refractivity contribution is 7.10. The van der Waals surface area contributed by atoms with E-state index in [0.717, 1.165) is 19.4 Å². The third-order valence-corrected chi connectivity index (χ3v) is 4.13. The van der Waals surface area contributed by atoms with Gasteiger partial charge < -0.3 is 9.32 Å². The smallest absolute Gasteiger partial charge is 0.257 e. The number of nitrogens with zero attached hydrogens (tertiary/aromatic N) is 1. The molecule has 0 aromatic carbocycles. The fraction of sp³-hybridized carbons (Fsp3) is 0.308. The summed E-state index contributed by atoms with van der Waals surface area (Å²) in [6.45, 7) is 0.840. The van der Waals surface area contributed by atoms with E-state index in [1.54, 1.807) is 23.7 Å². The van der Waals surface area contributed by atoms with Crippen molar-refractivity contribution in [2.45, 2.75) is 18.9 Å². The summed E-state index contributed by atoms with van der Waals surface area (Å²) in [5, 5.41) is 2.06. The lowest BCUT2D eigenvalue weighted by Crippen LogP contribution is -2.29.